The number of aliphatic hydroxyl groups excluding tert-OH is 1. The Hall–Kier alpha value is -1.81. The molecule has 1 amide bonds. The van der Waals surface area contributed by atoms with Crippen molar-refractivity contribution in [2.45, 2.75) is 24.7 Å². The molecule has 134 valence electrons. The third kappa shape index (κ3) is 4.84. The summed E-state index contributed by atoms with van der Waals surface area (Å²) >= 11 is 0. The van der Waals surface area contributed by atoms with E-state index in [1.807, 2.05) is 4.90 Å². The smallest absolute Gasteiger partial charge is 0.316 e. The van der Waals surface area contributed by atoms with Crippen molar-refractivity contribution in [1.82, 2.24) is 20.2 Å². The number of aromatic nitrogens is 2. The first-order valence-corrected chi connectivity index (χ1v) is 7.70. The zero-order valence-electron chi connectivity index (χ0n) is 13.9. The molecule has 0 spiro atoms. The third-order valence-corrected chi connectivity index (χ3v) is 4.05. The molecule has 2 atom stereocenters. The Bertz CT molecular complexity index is 541. The van der Waals surface area contributed by atoms with Crippen LogP contribution in [0, 0.1) is 0 Å². The van der Waals surface area contributed by atoms with Gasteiger partial charge in [0.25, 0.3) is 0 Å². The summed E-state index contributed by atoms with van der Waals surface area (Å²) in [5, 5.41) is 23.4. The highest BCUT2D eigenvalue weighted by Crippen LogP contribution is 2.23. The minimum atomic E-state index is -1.34. The predicted molar refractivity (Wildman–Crippen MR) is 84.3 cm³/mol. The van der Waals surface area contributed by atoms with Crippen molar-refractivity contribution in [3.63, 3.8) is 0 Å². The highest BCUT2D eigenvalue weighted by molar-refractivity contribution is 5.77. The maximum absolute atomic E-state index is 11.4. The van der Waals surface area contributed by atoms with Crippen LogP contribution in [0.3, 0.4) is 0 Å². The molecule has 2 heterocycles. The monoisotopic (exact) mass is 340 g/mol. The normalized spacial score (nSPS) is 24.6. The topological polar surface area (TPSA) is 117 Å². The number of likely N-dealkylation sites (tertiary alicyclic amines) is 1. The van der Waals surface area contributed by atoms with Crippen LogP contribution in [-0.2, 0) is 16.1 Å². The van der Waals surface area contributed by atoms with Crippen molar-refractivity contribution < 1.29 is 24.5 Å². The van der Waals surface area contributed by atoms with Gasteiger partial charge in [0, 0.05) is 51.2 Å². The number of ether oxygens (including phenoxy) is 2. The summed E-state index contributed by atoms with van der Waals surface area (Å²) in [6.45, 7) is 1.36. The molecule has 24 heavy (non-hydrogen) atoms. The summed E-state index contributed by atoms with van der Waals surface area (Å²) in [7, 11) is 2.92. The number of hydrogen-bond donors (Lipinski definition) is 3. The molecule has 1 aromatic heterocycles. The molecule has 0 bridgehead atoms. The van der Waals surface area contributed by atoms with E-state index in [-0.39, 0.29) is 19.1 Å². The number of hydrogen-bond acceptors (Lipinski definition) is 8. The molecule has 0 unspecified atom stereocenters. The second-order valence-electron chi connectivity index (χ2n) is 5.89. The molecule has 1 aromatic rings. The minimum absolute atomic E-state index is 0.00412. The van der Waals surface area contributed by atoms with Crippen LogP contribution in [0.4, 0.5) is 0 Å². The van der Waals surface area contributed by atoms with Crippen LogP contribution in [0.5, 0.6) is 6.01 Å². The molecule has 0 aliphatic carbocycles. The molecule has 1 aliphatic rings. The fourth-order valence-corrected chi connectivity index (χ4v) is 2.60. The van der Waals surface area contributed by atoms with Gasteiger partial charge in [0.2, 0.25) is 5.91 Å². The van der Waals surface area contributed by atoms with Crippen LogP contribution in [0.25, 0.3) is 0 Å². The molecular formula is C15H24N4O5. The van der Waals surface area contributed by atoms with Crippen molar-refractivity contribution in [1.29, 1.82) is 0 Å². The number of carbonyl (C=O) groups is 1. The van der Waals surface area contributed by atoms with E-state index in [1.54, 1.807) is 12.4 Å². The van der Waals surface area contributed by atoms with Gasteiger partial charge in [0.05, 0.1) is 13.2 Å². The Kier molecular flexibility index (Phi) is 6.44. The number of carbonyl (C=O) groups excluding carboxylic acids is 1. The van der Waals surface area contributed by atoms with Crippen molar-refractivity contribution in [3.05, 3.63) is 18.0 Å². The SMILES string of the molecule is COCC(=O)NC[C@]1(O)CCN(Cc2cnc(OC)nc2)C[C@H]1O. The Balaban J connectivity index is 1.85. The predicted octanol–water partition coefficient (Wildman–Crippen LogP) is -1.45. The number of aliphatic hydroxyl groups is 2. The number of nitrogens with one attached hydrogen (secondary N) is 1. The molecule has 1 saturated heterocycles. The molecular weight excluding hydrogens is 316 g/mol. The van der Waals surface area contributed by atoms with Crippen molar-refractivity contribution >= 4 is 5.91 Å². The standard InChI is InChI=1S/C15H24N4O5/c1-23-9-13(21)18-10-15(22)3-4-19(8-12(15)20)7-11-5-16-14(24-2)17-6-11/h5-6,12,20,22H,3-4,7-10H2,1-2H3,(H,18,21)/t12-,15-/m1/s1. The fraction of sp³-hybridized carbons (Fsp3) is 0.667. The zero-order valence-corrected chi connectivity index (χ0v) is 13.9. The van der Waals surface area contributed by atoms with E-state index < -0.39 is 11.7 Å². The van der Waals surface area contributed by atoms with Crippen molar-refractivity contribution in [3.8, 4) is 6.01 Å². The average molecular weight is 340 g/mol. The maximum atomic E-state index is 11.4. The molecule has 0 aromatic carbocycles. The van der Waals surface area contributed by atoms with E-state index in [2.05, 4.69) is 15.3 Å². The van der Waals surface area contributed by atoms with Gasteiger partial charge in [-0.2, -0.15) is 0 Å². The first kappa shape index (κ1) is 18.5. The zero-order chi connectivity index (χ0) is 17.6. The van der Waals surface area contributed by atoms with Gasteiger partial charge >= 0.3 is 6.01 Å². The van der Waals surface area contributed by atoms with Crippen LogP contribution in [0.2, 0.25) is 0 Å². The number of β-amino-alcohol motifs (C(OH)–C–C–N with tert-alkyl or cyclic N) is 1. The lowest BCUT2D eigenvalue weighted by molar-refractivity contribution is -0.134. The largest absolute Gasteiger partial charge is 0.467 e. The molecule has 2 rings (SSSR count). The number of amides is 1. The first-order valence-electron chi connectivity index (χ1n) is 7.70. The Morgan fingerprint density at radius 3 is 2.75 bits per heavy atom. The van der Waals surface area contributed by atoms with Crippen LogP contribution < -0.4 is 10.1 Å². The van der Waals surface area contributed by atoms with E-state index in [4.69, 9.17) is 9.47 Å². The highest BCUT2D eigenvalue weighted by atomic mass is 16.5. The highest BCUT2D eigenvalue weighted by Gasteiger charge is 2.40. The van der Waals surface area contributed by atoms with E-state index in [0.29, 0.717) is 32.1 Å². The lowest BCUT2D eigenvalue weighted by Crippen LogP contribution is -2.60. The fourth-order valence-electron chi connectivity index (χ4n) is 2.60. The molecule has 0 saturated carbocycles. The number of methoxy groups -OCH3 is 2. The molecule has 1 aliphatic heterocycles. The lowest BCUT2D eigenvalue weighted by atomic mass is 9.88. The van der Waals surface area contributed by atoms with Gasteiger partial charge in [-0.1, -0.05) is 0 Å². The van der Waals surface area contributed by atoms with Crippen LogP contribution >= 0.6 is 0 Å². The van der Waals surface area contributed by atoms with Crippen LogP contribution in [0.1, 0.15) is 12.0 Å². The molecule has 9 nitrogen and oxygen atoms in total. The molecule has 9 heteroatoms. The average Bonchev–Trinajstić information content (AvgIpc) is 2.58. The Morgan fingerprint density at radius 1 is 1.46 bits per heavy atom. The molecule has 0 radical (unpaired) electrons. The Labute approximate surface area is 140 Å². The summed E-state index contributed by atoms with van der Waals surface area (Å²) in [6.07, 6.45) is 2.72. The third-order valence-electron chi connectivity index (χ3n) is 4.05. The number of rotatable bonds is 7. The number of nitrogens with zero attached hydrogens (tertiary/aromatic N) is 3. The summed E-state index contributed by atoms with van der Waals surface area (Å²) in [4.78, 5) is 21.5. The number of piperidine rings is 1. The van der Waals surface area contributed by atoms with Gasteiger partial charge in [-0.05, 0) is 6.42 Å². The summed E-state index contributed by atoms with van der Waals surface area (Å²) in [6, 6.07) is 0.304. The van der Waals surface area contributed by atoms with E-state index in [1.165, 1.54) is 14.2 Å². The summed E-state index contributed by atoms with van der Waals surface area (Å²) in [5.74, 6) is -0.323. The maximum Gasteiger partial charge on any atom is 0.316 e. The van der Waals surface area contributed by atoms with Gasteiger partial charge in [0.1, 0.15) is 12.2 Å². The van der Waals surface area contributed by atoms with Crippen LogP contribution in [-0.4, -0.2) is 83.2 Å². The molecule has 1 fully saturated rings. The van der Waals surface area contributed by atoms with Gasteiger partial charge in [-0.15, -0.1) is 0 Å². The quantitative estimate of drug-likeness (QED) is 0.552. The second-order valence-corrected chi connectivity index (χ2v) is 5.89. The van der Waals surface area contributed by atoms with Crippen molar-refractivity contribution in [2.24, 2.45) is 0 Å². The summed E-state index contributed by atoms with van der Waals surface area (Å²) < 4.78 is 9.63. The molecule has 3 N–H and O–H groups in total. The van der Waals surface area contributed by atoms with E-state index >= 15 is 0 Å². The van der Waals surface area contributed by atoms with E-state index in [9.17, 15) is 15.0 Å². The summed E-state index contributed by atoms with van der Waals surface area (Å²) in [5.41, 5.74) is -0.446. The van der Waals surface area contributed by atoms with E-state index in [0.717, 1.165) is 5.56 Å². The van der Waals surface area contributed by atoms with Gasteiger partial charge < -0.3 is 25.0 Å². The van der Waals surface area contributed by atoms with Gasteiger partial charge in [0.15, 0.2) is 0 Å². The second kappa shape index (κ2) is 8.34. The van der Waals surface area contributed by atoms with Gasteiger partial charge in [-0.25, -0.2) is 9.97 Å². The lowest BCUT2D eigenvalue weighted by Gasteiger charge is -2.42. The van der Waals surface area contributed by atoms with Crippen molar-refractivity contribution in [2.75, 3.05) is 40.5 Å². The minimum Gasteiger partial charge on any atom is -0.467 e. The first-order chi connectivity index (χ1) is 11.5. The van der Waals surface area contributed by atoms with Crippen LogP contribution in [0.15, 0.2) is 12.4 Å². The van der Waals surface area contributed by atoms with Gasteiger partial charge in [-0.3, -0.25) is 9.69 Å². The Morgan fingerprint density at radius 2 is 2.17 bits per heavy atom.